The van der Waals surface area contributed by atoms with E-state index in [4.69, 9.17) is 16.7 Å². The first-order valence-corrected chi connectivity index (χ1v) is 5.70. The summed E-state index contributed by atoms with van der Waals surface area (Å²) in [5, 5.41) is 22.3. The van der Waals surface area contributed by atoms with Gasteiger partial charge in [-0.25, -0.2) is 0 Å². The highest BCUT2D eigenvalue weighted by Crippen LogP contribution is 2.27. The molecule has 1 atom stereocenters. The molecule has 0 amide bonds. The maximum atomic E-state index is 10.5. The van der Waals surface area contributed by atoms with Gasteiger partial charge in [0.05, 0.1) is 15.6 Å². The van der Waals surface area contributed by atoms with Crippen LogP contribution in [0, 0.1) is 10.1 Å². The van der Waals surface area contributed by atoms with Crippen molar-refractivity contribution in [3.63, 3.8) is 0 Å². The molecule has 0 saturated heterocycles. The number of rotatable bonds is 6. The lowest BCUT2D eigenvalue weighted by Crippen LogP contribution is -2.16. The van der Waals surface area contributed by atoms with Gasteiger partial charge in [0.25, 0.3) is 5.69 Å². The molecule has 0 aliphatic rings. The van der Waals surface area contributed by atoms with Crippen LogP contribution >= 0.6 is 11.6 Å². The second-order valence-corrected chi connectivity index (χ2v) is 4.31. The first-order chi connectivity index (χ1) is 8.40. The van der Waals surface area contributed by atoms with E-state index in [1.807, 2.05) is 6.92 Å². The zero-order valence-corrected chi connectivity index (χ0v) is 10.5. The molecule has 0 bridgehead atoms. The van der Waals surface area contributed by atoms with Gasteiger partial charge in [0, 0.05) is 24.6 Å². The van der Waals surface area contributed by atoms with Crippen LogP contribution in [0.1, 0.15) is 19.8 Å². The number of aliphatic carboxylic acids is 1. The van der Waals surface area contributed by atoms with Crippen molar-refractivity contribution in [1.82, 2.24) is 0 Å². The van der Waals surface area contributed by atoms with Crippen LogP contribution in [0.25, 0.3) is 0 Å². The largest absolute Gasteiger partial charge is 0.481 e. The molecule has 1 aromatic carbocycles. The molecule has 0 fully saturated rings. The summed E-state index contributed by atoms with van der Waals surface area (Å²) in [7, 11) is 0. The Hall–Kier alpha value is -1.82. The Morgan fingerprint density at radius 1 is 1.61 bits per heavy atom. The topological polar surface area (TPSA) is 92.5 Å². The first-order valence-electron chi connectivity index (χ1n) is 5.32. The minimum Gasteiger partial charge on any atom is -0.481 e. The molecule has 0 aromatic heterocycles. The third-order valence-electron chi connectivity index (χ3n) is 2.36. The Labute approximate surface area is 109 Å². The number of carbonyl (C=O) groups is 1. The molecule has 0 radical (unpaired) electrons. The van der Waals surface area contributed by atoms with Crippen molar-refractivity contribution in [3.05, 3.63) is 33.3 Å². The number of anilines is 1. The second kappa shape index (κ2) is 6.20. The normalized spacial score (nSPS) is 11.9. The highest BCUT2D eigenvalue weighted by molar-refractivity contribution is 6.33. The molecule has 0 saturated carbocycles. The Balaban J connectivity index is 2.67. The van der Waals surface area contributed by atoms with Crippen LogP contribution in [-0.2, 0) is 4.79 Å². The monoisotopic (exact) mass is 272 g/mol. The van der Waals surface area contributed by atoms with Crippen LogP contribution in [-0.4, -0.2) is 22.0 Å². The zero-order valence-electron chi connectivity index (χ0n) is 9.72. The summed E-state index contributed by atoms with van der Waals surface area (Å²) in [6.07, 6.45) is 0.501. The highest BCUT2D eigenvalue weighted by Gasteiger charge is 2.11. The van der Waals surface area contributed by atoms with Crippen molar-refractivity contribution in [2.24, 2.45) is 0 Å². The van der Waals surface area contributed by atoms with Gasteiger partial charge in [-0.1, -0.05) is 11.6 Å². The smallest absolute Gasteiger partial charge is 0.303 e. The van der Waals surface area contributed by atoms with E-state index in [1.165, 1.54) is 18.2 Å². The van der Waals surface area contributed by atoms with E-state index in [0.717, 1.165) is 0 Å². The van der Waals surface area contributed by atoms with E-state index in [-0.39, 0.29) is 23.2 Å². The Bertz CT molecular complexity index is 464. The fourth-order valence-electron chi connectivity index (χ4n) is 1.41. The van der Waals surface area contributed by atoms with Crippen LogP contribution in [0.5, 0.6) is 0 Å². The summed E-state index contributed by atoms with van der Waals surface area (Å²) in [4.78, 5) is 20.4. The molecule has 2 N–H and O–H groups in total. The maximum Gasteiger partial charge on any atom is 0.303 e. The van der Waals surface area contributed by atoms with Gasteiger partial charge in [0.1, 0.15) is 0 Å². The van der Waals surface area contributed by atoms with Crippen LogP contribution < -0.4 is 5.32 Å². The number of benzene rings is 1. The summed E-state index contributed by atoms with van der Waals surface area (Å²) >= 11 is 5.90. The number of carboxylic acid groups (broad SMARTS) is 1. The van der Waals surface area contributed by atoms with Crippen LogP contribution in [0.2, 0.25) is 5.02 Å². The average Bonchev–Trinajstić information content (AvgIpc) is 2.29. The fourth-order valence-corrected chi connectivity index (χ4v) is 1.64. The minimum atomic E-state index is -0.863. The number of nitrogens with one attached hydrogen (secondary N) is 1. The average molecular weight is 273 g/mol. The molecule has 98 valence electrons. The highest BCUT2D eigenvalue weighted by atomic mass is 35.5. The van der Waals surface area contributed by atoms with Crippen LogP contribution in [0.3, 0.4) is 0 Å². The number of halogens is 1. The number of nitro groups is 1. The molecule has 6 nitrogen and oxygen atoms in total. The minimum absolute atomic E-state index is 0.0543. The Morgan fingerprint density at radius 3 is 2.78 bits per heavy atom. The quantitative estimate of drug-likeness (QED) is 0.613. The standard InChI is InChI=1S/C11H13ClN2O4/c1-7(2-5-11(15)16)13-10-4-3-8(14(17)18)6-9(10)12/h3-4,6-7,13H,2,5H2,1H3,(H,15,16). The molecular weight excluding hydrogens is 260 g/mol. The number of hydrogen-bond donors (Lipinski definition) is 2. The number of carboxylic acids is 1. The predicted octanol–water partition coefficient (Wildman–Crippen LogP) is 2.91. The SMILES string of the molecule is CC(CCC(=O)O)Nc1ccc([N+](=O)[O-])cc1Cl. The first kappa shape index (κ1) is 14.2. The Kier molecular flexibility index (Phi) is 4.91. The summed E-state index contributed by atoms with van der Waals surface area (Å²) in [6, 6.07) is 4.03. The third kappa shape index (κ3) is 4.21. The second-order valence-electron chi connectivity index (χ2n) is 3.90. The van der Waals surface area contributed by atoms with E-state index in [2.05, 4.69) is 5.32 Å². The van der Waals surface area contributed by atoms with Gasteiger partial charge < -0.3 is 10.4 Å². The lowest BCUT2D eigenvalue weighted by Gasteiger charge is -2.15. The van der Waals surface area contributed by atoms with E-state index in [1.54, 1.807) is 0 Å². The summed E-state index contributed by atoms with van der Waals surface area (Å²) in [6.45, 7) is 1.82. The molecule has 7 heteroatoms. The van der Waals surface area contributed by atoms with Gasteiger partial charge in [0.15, 0.2) is 0 Å². The molecule has 1 rings (SSSR count). The van der Waals surface area contributed by atoms with Gasteiger partial charge in [0.2, 0.25) is 0 Å². The van der Waals surface area contributed by atoms with Gasteiger partial charge in [-0.2, -0.15) is 0 Å². The van der Waals surface area contributed by atoms with Crippen molar-refractivity contribution in [3.8, 4) is 0 Å². The van der Waals surface area contributed by atoms with Crippen molar-refractivity contribution in [1.29, 1.82) is 0 Å². The lowest BCUT2D eigenvalue weighted by atomic mass is 10.1. The van der Waals surface area contributed by atoms with Crippen molar-refractivity contribution < 1.29 is 14.8 Å². The summed E-state index contributed by atoms with van der Waals surface area (Å²) < 4.78 is 0. The van der Waals surface area contributed by atoms with Gasteiger partial charge >= 0.3 is 5.97 Å². The maximum absolute atomic E-state index is 10.5. The number of nitro benzene ring substituents is 1. The summed E-state index contributed by atoms with van der Waals surface area (Å²) in [5.74, 6) is -0.863. The Morgan fingerprint density at radius 2 is 2.28 bits per heavy atom. The van der Waals surface area contributed by atoms with Crippen molar-refractivity contribution >= 4 is 28.9 Å². The molecular formula is C11H13ClN2O4. The van der Waals surface area contributed by atoms with Gasteiger partial charge in [-0.15, -0.1) is 0 Å². The fraction of sp³-hybridized carbons (Fsp3) is 0.364. The van der Waals surface area contributed by atoms with Gasteiger partial charge in [-0.05, 0) is 19.4 Å². The van der Waals surface area contributed by atoms with Crippen molar-refractivity contribution in [2.75, 3.05) is 5.32 Å². The molecule has 0 heterocycles. The lowest BCUT2D eigenvalue weighted by molar-refractivity contribution is -0.384. The van der Waals surface area contributed by atoms with Crippen LogP contribution in [0.15, 0.2) is 18.2 Å². The molecule has 18 heavy (non-hydrogen) atoms. The molecule has 0 aliphatic heterocycles. The van der Waals surface area contributed by atoms with Gasteiger partial charge in [-0.3, -0.25) is 14.9 Å². The zero-order chi connectivity index (χ0) is 13.7. The predicted molar refractivity (Wildman–Crippen MR) is 68.1 cm³/mol. The summed E-state index contributed by atoms with van der Waals surface area (Å²) in [5.41, 5.74) is 0.476. The van der Waals surface area contributed by atoms with E-state index < -0.39 is 10.9 Å². The molecule has 1 aromatic rings. The van der Waals surface area contributed by atoms with E-state index >= 15 is 0 Å². The molecule has 1 unspecified atom stereocenters. The molecule has 0 spiro atoms. The van der Waals surface area contributed by atoms with E-state index in [9.17, 15) is 14.9 Å². The van der Waals surface area contributed by atoms with E-state index in [0.29, 0.717) is 12.1 Å². The van der Waals surface area contributed by atoms with Crippen molar-refractivity contribution in [2.45, 2.75) is 25.8 Å². The number of hydrogen-bond acceptors (Lipinski definition) is 4. The molecule has 0 aliphatic carbocycles. The number of nitrogens with zero attached hydrogens (tertiary/aromatic N) is 1. The number of non-ortho nitro benzene ring substituents is 1. The third-order valence-corrected chi connectivity index (χ3v) is 2.67. The van der Waals surface area contributed by atoms with Crippen LogP contribution in [0.4, 0.5) is 11.4 Å².